The van der Waals surface area contributed by atoms with Crippen LogP contribution in [0.2, 0.25) is 10.0 Å². The molecule has 10 heterocycles. The molecule has 13 rings (SSSR count). The lowest BCUT2D eigenvalue weighted by Crippen LogP contribution is -2.64. The number of piperazine rings is 2. The molecule has 6 aromatic heterocycles. The number of aromatic nitrogens is 12. The Hall–Kier alpha value is -6.36. The van der Waals surface area contributed by atoms with Gasteiger partial charge in [0.25, 0.3) is 11.9 Å². The molecule has 372 valence electrons. The zero-order valence-electron chi connectivity index (χ0n) is 40.0. The van der Waals surface area contributed by atoms with Crippen molar-refractivity contribution < 1.29 is 18.3 Å². The summed E-state index contributed by atoms with van der Waals surface area (Å²) < 4.78 is 48.3. The third-order valence-corrected chi connectivity index (χ3v) is 15.7. The molecule has 0 spiro atoms. The summed E-state index contributed by atoms with van der Waals surface area (Å²) >= 11 is 14.1. The van der Waals surface area contributed by atoms with E-state index < -0.39 is 11.6 Å². The summed E-state index contributed by atoms with van der Waals surface area (Å²) in [5.74, 6) is -0.481. The number of rotatable bonds is 12. The highest BCUT2D eigenvalue weighted by atomic mass is 35.5. The van der Waals surface area contributed by atoms with Gasteiger partial charge in [0, 0.05) is 76.1 Å². The van der Waals surface area contributed by atoms with Crippen LogP contribution >= 0.6 is 23.2 Å². The minimum atomic E-state index is -0.622. The average molecular weight is 1020 g/mol. The first kappa shape index (κ1) is 45.5. The lowest BCUT2D eigenvalue weighted by atomic mass is 9.97. The van der Waals surface area contributed by atoms with Crippen LogP contribution in [0.3, 0.4) is 0 Å². The molecular formula is C49H51Cl2F2N17O2. The Bertz CT molecular complexity index is 3380. The van der Waals surface area contributed by atoms with E-state index in [4.69, 9.17) is 47.9 Å². The second-order valence-corrected chi connectivity index (χ2v) is 21.0. The van der Waals surface area contributed by atoms with Crippen LogP contribution < -0.4 is 14.7 Å². The zero-order chi connectivity index (χ0) is 49.0. The number of halogens is 4. The highest BCUT2D eigenvalue weighted by Gasteiger charge is 2.42. The van der Waals surface area contributed by atoms with Crippen molar-refractivity contribution in [3.05, 3.63) is 101 Å². The molecule has 19 nitrogen and oxygen atoms in total. The van der Waals surface area contributed by atoms with Crippen molar-refractivity contribution >= 4 is 62.2 Å². The van der Waals surface area contributed by atoms with Gasteiger partial charge in [0.2, 0.25) is 0 Å². The quantitative estimate of drug-likeness (QED) is 0.136. The van der Waals surface area contributed by atoms with E-state index in [-0.39, 0.29) is 41.3 Å². The maximum Gasteiger partial charge on any atom is 0.252 e. The molecule has 23 heteroatoms. The molecule has 5 aliphatic rings. The van der Waals surface area contributed by atoms with Crippen molar-refractivity contribution in [1.29, 1.82) is 0 Å². The van der Waals surface area contributed by atoms with Crippen LogP contribution in [0.15, 0.2) is 67.6 Å². The standard InChI is InChI=1S/C49H51Cl2F2N17O2/c1-48(26-71-27-48)65-10-6-63(7-11-65)42-16-40-31(14-35(42)50)18-58-69(40)32-19-56-68(23-32)47-55-22-38(53)45(60-47)62(3)25-39-34-15-36(51)43(64-8-12-66(13-9-64)49(2)28-72-29-49)17-41(34)70(61-39)33-20-57-67(24-33)46-54-21-37(52)44(59-46)30-4-5-30/h14-24,30H,4-13,25-29H2,1-3H3. The first-order valence-electron chi connectivity index (χ1n) is 24.3. The second kappa shape index (κ2) is 17.4. The molecule has 5 fully saturated rings. The average Bonchev–Trinajstić information content (AvgIpc) is 3.65. The molecule has 8 aromatic rings. The van der Waals surface area contributed by atoms with E-state index in [1.165, 1.54) is 15.6 Å². The molecule has 72 heavy (non-hydrogen) atoms. The number of hydrogen-bond acceptors (Lipinski definition) is 15. The molecule has 2 aromatic carbocycles. The van der Waals surface area contributed by atoms with E-state index in [2.05, 4.69) is 70.7 Å². The molecule has 4 saturated heterocycles. The SMILES string of the molecule is CN(Cc1nn(-c2cnn(-c3ncc(F)c(C4CC4)n3)c2)c2cc(N3CCN(C4(C)COC4)CC3)c(Cl)cc12)c1nc(-n2cc(-n3ncc4cc(Cl)c(N5CCN(C6(C)COC6)CC5)cc43)cn2)ncc1F. The first-order valence-corrected chi connectivity index (χ1v) is 25.0. The fourth-order valence-corrected chi connectivity index (χ4v) is 11.1. The van der Waals surface area contributed by atoms with Gasteiger partial charge >= 0.3 is 0 Å². The molecule has 0 N–H and O–H groups in total. The Balaban J connectivity index is 0.788. The van der Waals surface area contributed by atoms with Gasteiger partial charge in [0.05, 0.1) is 131 Å². The van der Waals surface area contributed by atoms with Gasteiger partial charge in [0.15, 0.2) is 17.5 Å². The molecule has 0 unspecified atom stereocenters. The summed E-state index contributed by atoms with van der Waals surface area (Å²) in [5, 5.41) is 21.9. The van der Waals surface area contributed by atoms with Crippen LogP contribution in [-0.4, -0.2) is 166 Å². The van der Waals surface area contributed by atoms with Crippen molar-refractivity contribution in [3.8, 4) is 23.3 Å². The van der Waals surface area contributed by atoms with Gasteiger partial charge in [-0.05, 0) is 51.0 Å². The Morgan fingerprint density at radius 3 is 1.79 bits per heavy atom. The highest BCUT2D eigenvalue weighted by molar-refractivity contribution is 6.34. The zero-order valence-corrected chi connectivity index (χ0v) is 41.5. The topological polar surface area (TPSA) is 158 Å². The first-order chi connectivity index (χ1) is 34.9. The van der Waals surface area contributed by atoms with Crippen LogP contribution in [0, 0.1) is 11.6 Å². The maximum absolute atomic E-state index is 15.9. The predicted molar refractivity (Wildman–Crippen MR) is 268 cm³/mol. The highest BCUT2D eigenvalue weighted by Crippen LogP contribution is 2.41. The summed E-state index contributed by atoms with van der Waals surface area (Å²) in [6.45, 7) is 14.5. The smallest absolute Gasteiger partial charge is 0.252 e. The molecule has 0 amide bonds. The number of anilines is 3. The summed E-state index contributed by atoms with van der Waals surface area (Å²) in [7, 11) is 1.75. The van der Waals surface area contributed by atoms with Crippen molar-refractivity contribution in [2.75, 3.05) is 101 Å². The number of benzene rings is 2. The molecule has 0 radical (unpaired) electrons. The number of hydrogen-bond donors (Lipinski definition) is 0. The Kier molecular flexibility index (Phi) is 11.0. The fourth-order valence-electron chi connectivity index (χ4n) is 10.6. The molecule has 1 saturated carbocycles. The monoisotopic (exact) mass is 1020 g/mol. The molecular weight excluding hydrogens is 968 g/mol. The van der Waals surface area contributed by atoms with Crippen LogP contribution in [0.5, 0.6) is 0 Å². The fraction of sp³-hybridized carbons (Fsp3) is 0.429. The lowest BCUT2D eigenvalue weighted by Gasteiger charge is -2.50. The minimum absolute atomic E-state index is 0.0430. The van der Waals surface area contributed by atoms with Gasteiger partial charge in [-0.1, -0.05) is 23.2 Å². The van der Waals surface area contributed by atoms with E-state index in [0.717, 1.165) is 131 Å². The van der Waals surface area contributed by atoms with Gasteiger partial charge < -0.3 is 24.2 Å². The number of ether oxygens (including phenoxy) is 2. The van der Waals surface area contributed by atoms with Gasteiger partial charge in [-0.3, -0.25) is 9.80 Å². The third kappa shape index (κ3) is 7.91. The molecule has 0 atom stereocenters. The van der Waals surface area contributed by atoms with Gasteiger partial charge in [-0.25, -0.2) is 42.5 Å². The Labute approximate surface area is 422 Å². The minimum Gasteiger partial charge on any atom is -0.377 e. The predicted octanol–water partition coefficient (Wildman–Crippen LogP) is 6.24. The Morgan fingerprint density at radius 2 is 1.21 bits per heavy atom. The largest absolute Gasteiger partial charge is 0.377 e. The molecule has 4 aliphatic heterocycles. The summed E-state index contributed by atoms with van der Waals surface area (Å²) in [5.41, 5.74) is 5.91. The third-order valence-electron chi connectivity index (χ3n) is 15.1. The van der Waals surface area contributed by atoms with E-state index in [1.807, 2.05) is 16.8 Å². The van der Waals surface area contributed by atoms with E-state index >= 15 is 4.39 Å². The van der Waals surface area contributed by atoms with Crippen LogP contribution in [0.1, 0.15) is 44.0 Å². The molecule has 1 aliphatic carbocycles. The van der Waals surface area contributed by atoms with Crippen molar-refractivity contribution in [1.82, 2.24) is 68.9 Å². The van der Waals surface area contributed by atoms with Crippen molar-refractivity contribution in [3.63, 3.8) is 0 Å². The number of fused-ring (bicyclic) bond motifs is 2. The van der Waals surface area contributed by atoms with Crippen LogP contribution in [0.25, 0.3) is 45.1 Å². The summed E-state index contributed by atoms with van der Waals surface area (Å²) in [6, 6.07) is 8.01. The maximum atomic E-state index is 15.9. The van der Waals surface area contributed by atoms with E-state index in [9.17, 15) is 4.39 Å². The Morgan fingerprint density at radius 1 is 0.653 bits per heavy atom. The number of nitrogens with zero attached hydrogens (tertiary/aromatic N) is 17. The summed E-state index contributed by atoms with van der Waals surface area (Å²) in [6.07, 6.45) is 12.8. The lowest BCUT2D eigenvalue weighted by molar-refractivity contribution is -0.131. The van der Waals surface area contributed by atoms with E-state index in [0.29, 0.717) is 32.8 Å². The van der Waals surface area contributed by atoms with Crippen LogP contribution in [0.4, 0.5) is 26.0 Å². The summed E-state index contributed by atoms with van der Waals surface area (Å²) in [4.78, 5) is 29.1. The van der Waals surface area contributed by atoms with Gasteiger partial charge in [0.1, 0.15) is 11.4 Å². The van der Waals surface area contributed by atoms with Crippen LogP contribution in [-0.2, 0) is 16.0 Å². The van der Waals surface area contributed by atoms with Gasteiger partial charge in [-0.15, -0.1) is 0 Å². The van der Waals surface area contributed by atoms with Gasteiger partial charge in [-0.2, -0.15) is 25.4 Å². The normalized spacial score (nSPS) is 19.3. The van der Waals surface area contributed by atoms with Crippen molar-refractivity contribution in [2.24, 2.45) is 0 Å². The van der Waals surface area contributed by atoms with Crippen molar-refractivity contribution in [2.45, 2.75) is 50.2 Å². The second-order valence-electron chi connectivity index (χ2n) is 20.2. The van der Waals surface area contributed by atoms with E-state index in [1.54, 1.807) is 47.6 Å². The molecule has 0 bridgehead atoms.